The van der Waals surface area contributed by atoms with E-state index in [1.165, 1.54) is 64.2 Å². The molecule has 5 saturated carbocycles. The van der Waals surface area contributed by atoms with Crippen molar-refractivity contribution in [1.82, 2.24) is 0 Å². The monoisotopic (exact) mass is 386 g/mol. The molecule has 0 heterocycles. The van der Waals surface area contributed by atoms with E-state index in [1.807, 2.05) is 0 Å². The summed E-state index contributed by atoms with van der Waals surface area (Å²) in [5.74, 6) is 7.68. The minimum absolute atomic E-state index is 0.123. The molecule has 0 spiro atoms. The summed E-state index contributed by atoms with van der Waals surface area (Å²) in [6.07, 6.45) is 18.4. The van der Waals surface area contributed by atoms with Crippen LogP contribution in [-0.2, 0) is 0 Å². The molecule has 0 radical (unpaired) electrons. The Morgan fingerprint density at radius 1 is 0.607 bits per heavy atom. The molecule has 158 valence electrons. The number of hydrogen-bond donors (Lipinski definition) is 2. The van der Waals surface area contributed by atoms with Gasteiger partial charge < -0.3 is 10.0 Å². The van der Waals surface area contributed by atoms with E-state index in [1.54, 1.807) is 6.42 Å². The van der Waals surface area contributed by atoms with E-state index in [0.717, 1.165) is 60.2 Å². The molecule has 5 aliphatic carbocycles. The lowest BCUT2D eigenvalue weighted by atomic mass is 9.57. The summed E-state index contributed by atoms with van der Waals surface area (Å²) in [4.78, 5) is 0. The molecule has 5 aliphatic rings. The van der Waals surface area contributed by atoms with Gasteiger partial charge in [-0.2, -0.15) is 0 Å². The molecule has 2 nitrogen and oxygen atoms in total. The van der Waals surface area contributed by atoms with Crippen molar-refractivity contribution in [2.45, 2.75) is 103 Å². The van der Waals surface area contributed by atoms with Crippen molar-refractivity contribution in [3.63, 3.8) is 0 Å². The standard InChI is InChI=1S/C25H43BO2/c1-25(2)23-14-19(18-8-7-16-5-3-4-6-17(16)13-18)9-11-21(23)22-12-10-20(26(27)28)15-24(22)25/h16-24,27-28H,3-15H2,1-2H3. The highest BCUT2D eigenvalue weighted by Gasteiger charge is 2.58. The first-order chi connectivity index (χ1) is 13.4. The molecule has 5 fully saturated rings. The van der Waals surface area contributed by atoms with Crippen LogP contribution in [0.25, 0.3) is 0 Å². The Balaban J connectivity index is 1.28. The summed E-state index contributed by atoms with van der Waals surface area (Å²) in [5, 5.41) is 19.6. The molecule has 3 heteroatoms. The first-order valence-electron chi connectivity index (χ1n) is 12.8. The van der Waals surface area contributed by atoms with Crippen molar-refractivity contribution in [1.29, 1.82) is 0 Å². The van der Waals surface area contributed by atoms with Crippen LogP contribution < -0.4 is 0 Å². The lowest BCUT2D eigenvalue weighted by molar-refractivity contribution is 0.0385. The second kappa shape index (κ2) is 7.59. The molecule has 0 aliphatic heterocycles. The zero-order chi connectivity index (χ0) is 19.5. The lowest BCUT2D eigenvalue weighted by Crippen LogP contribution is -2.37. The summed E-state index contributed by atoms with van der Waals surface area (Å²) in [6, 6.07) is 0. The van der Waals surface area contributed by atoms with Crippen LogP contribution in [0.5, 0.6) is 0 Å². The summed E-state index contributed by atoms with van der Waals surface area (Å²) >= 11 is 0. The lowest BCUT2D eigenvalue weighted by Gasteiger charge is -2.46. The SMILES string of the molecule is CC1(C)C2CC(B(O)O)CCC2C2CCC(C3CCC4CCCCC4C3)CC21. The molecule has 0 saturated heterocycles. The summed E-state index contributed by atoms with van der Waals surface area (Å²) < 4.78 is 0. The van der Waals surface area contributed by atoms with Gasteiger partial charge in [0.1, 0.15) is 0 Å². The fraction of sp³-hybridized carbons (Fsp3) is 1.00. The summed E-state index contributed by atoms with van der Waals surface area (Å²) in [6.45, 7) is 5.09. The van der Waals surface area contributed by atoms with E-state index < -0.39 is 7.12 Å². The Morgan fingerprint density at radius 2 is 1.14 bits per heavy atom. The molecule has 0 aromatic heterocycles. The Bertz CT molecular complexity index is 561. The third kappa shape index (κ3) is 3.31. The van der Waals surface area contributed by atoms with Crippen LogP contribution in [0.4, 0.5) is 0 Å². The fourth-order valence-electron chi connectivity index (χ4n) is 9.50. The number of fused-ring (bicyclic) bond motifs is 4. The molecular weight excluding hydrogens is 343 g/mol. The van der Waals surface area contributed by atoms with Crippen LogP contribution in [0.2, 0.25) is 5.82 Å². The third-order valence-corrected chi connectivity index (χ3v) is 11.0. The van der Waals surface area contributed by atoms with Gasteiger partial charge in [0.2, 0.25) is 0 Å². The van der Waals surface area contributed by atoms with Gasteiger partial charge >= 0.3 is 7.12 Å². The molecule has 0 aromatic carbocycles. The van der Waals surface area contributed by atoms with Gasteiger partial charge in [-0.3, -0.25) is 0 Å². The van der Waals surface area contributed by atoms with Crippen LogP contribution in [0, 0.1) is 52.8 Å². The Morgan fingerprint density at radius 3 is 1.89 bits per heavy atom. The highest BCUT2D eigenvalue weighted by molar-refractivity contribution is 6.43. The van der Waals surface area contributed by atoms with Crippen LogP contribution >= 0.6 is 0 Å². The molecule has 2 N–H and O–H groups in total. The van der Waals surface area contributed by atoms with Gasteiger partial charge in [-0.15, -0.1) is 0 Å². The van der Waals surface area contributed by atoms with Crippen molar-refractivity contribution in [2.75, 3.05) is 0 Å². The predicted octanol–water partition coefficient (Wildman–Crippen LogP) is 5.92. The second-order valence-electron chi connectivity index (χ2n) is 12.3. The minimum atomic E-state index is -1.10. The first-order valence-corrected chi connectivity index (χ1v) is 12.8. The largest absolute Gasteiger partial charge is 0.454 e. The third-order valence-electron chi connectivity index (χ3n) is 11.0. The topological polar surface area (TPSA) is 40.5 Å². The highest BCUT2D eigenvalue weighted by atomic mass is 16.4. The van der Waals surface area contributed by atoms with Crippen molar-refractivity contribution in [3.8, 4) is 0 Å². The van der Waals surface area contributed by atoms with E-state index >= 15 is 0 Å². The van der Waals surface area contributed by atoms with Gasteiger partial charge in [0.05, 0.1) is 0 Å². The van der Waals surface area contributed by atoms with Crippen LogP contribution in [0.3, 0.4) is 0 Å². The smallest absolute Gasteiger partial charge is 0.427 e. The maximum absolute atomic E-state index is 9.79. The predicted molar refractivity (Wildman–Crippen MR) is 116 cm³/mol. The zero-order valence-corrected chi connectivity index (χ0v) is 18.4. The number of hydrogen-bond acceptors (Lipinski definition) is 2. The van der Waals surface area contributed by atoms with Crippen molar-refractivity contribution in [3.05, 3.63) is 0 Å². The molecule has 28 heavy (non-hydrogen) atoms. The van der Waals surface area contributed by atoms with E-state index in [9.17, 15) is 10.0 Å². The van der Waals surface area contributed by atoms with Crippen LogP contribution in [-0.4, -0.2) is 17.2 Å². The van der Waals surface area contributed by atoms with Crippen molar-refractivity contribution < 1.29 is 10.0 Å². The summed E-state index contributed by atoms with van der Waals surface area (Å²) in [7, 11) is -1.10. The molecule has 9 atom stereocenters. The maximum atomic E-state index is 9.79. The first kappa shape index (κ1) is 19.9. The minimum Gasteiger partial charge on any atom is -0.427 e. The van der Waals surface area contributed by atoms with Gasteiger partial charge in [-0.25, -0.2) is 0 Å². The van der Waals surface area contributed by atoms with E-state index in [2.05, 4.69) is 13.8 Å². The average Bonchev–Trinajstić information content (AvgIpc) is 2.94. The van der Waals surface area contributed by atoms with Gasteiger partial charge in [0.25, 0.3) is 0 Å². The molecule has 5 rings (SSSR count). The molecule has 0 aromatic rings. The van der Waals surface area contributed by atoms with Crippen LogP contribution in [0.15, 0.2) is 0 Å². The van der Waals surface area contributed by atoms with Gasteiger partial charge in [0.15, 0.2) is 0 Å². The van der Waals surface area contributed by atoms with Crippen molar-refractivity contribution in [2.24, 2.45) is 52.8 Å². The van der Waals surface area contributed by atoms with E-state index in [0.29, 0.717) is 5.41 Å². The second-order valence-corrected chi connectivity index (χ2v) is 12.3. The Labute approximate surface area is 173 Å². The highest BCUT2D eigenvalue weighted by Crippen LogP contribution is 2.66. The van der Waals surface area contributed by atoms with Crippen LogP contribution in [0.1, 0.15) is 97.3 Å². The Kier molecular flexibility index (Phi) is 5.40. The average molecular weight is 386 g/mol. The summed E-state index contributed by atoms with van der Waals surface area (Å²) in [5.41, 5.74) is 0.392. The maximum Gasteiger partial charge on any atom is 0.454 e. The van der Waals surface area contributed by atoms with E-state index in [4.69, 9.17) is 0 Å². The van der Waals surface area contributed by atoms with Gasteiger partial charge in [-0.05, 0) is 104 Å². The zero-order valence-electron chi connectivity index (χ0n) is 18.4. The fourth-order valence-corrected chi connectivity index (χ4v) is 9.50. The number of rotatable bonds is 2. The normalized spacial score (nSPS) is 50.4. The molecule has 0 amide bonds. The molecule has 0 bridgehead atoms. The van der Waals surface area contributed by atoms with E-state index in [-0.39, 0.29) is 5.82 Å². The van der Waals surface area contributed by atoms with Gasteiger partial charge in [0, 0.05) is 0 Å². The van der Waals surface area contributed by atoms with Gasteiger partial charge in [-0.1, -0.05) is 52.4 Å². The molecular formula is C25H43BO2. The quantitative estimate of drug-likeness (QED) is 0.578. The molecule has 9 unspecified atom stereocenters. The Hall–Kier alpha value is -0.0151. The van der Waals surface area contributed by atoms with Crippen molar-refractivity contribution >= 4 is 7.12 Å².